The molecule has 0 saturated carbocycles. The minimum absolute atomic E-state index is 0.103. The molecule has 0 amide bonds. The third kappa shape index (κ3) is 4.34. The summed E-state index contributed by atoms with van der Waals surface area (Å²) in [6.07, 6.45) is 1.57. The number of fused-ring (bicyclic) bond motifs is 1. The molecule has 0 spiro atoms. The van der Waals surface area contributed by atoms with Gasteiger partial charge in [-0.05, 0) is 30.3 Å². The van der Waals surface area contributed by atoms with E-state index < -0.39 is 0 Å². The van der Waals surface area contributed by atoms with Crippen molar-refractivity contribution in [3.8, 4) is 22.5 Å². The Kier molecular flexibility index (Phi) is 6.13. The zero-order chi connectivity index (χ0) is 24.5. The van der Waals surface area contributed by atoms with Crippen molar-refractivity contribution in [1.82, 2.24) is 14.5 Å². The van der Waals surface area contributed by atoms with Crippen LogP contribution in [0.5, 0.6) is 0 Å². The fraction of sp³-hybridized carbons (Fsp3) is 0.321. The summed E-state index contributed by atoms with van der Waals surface area (Å²) in [7, 11) is 1.72. The molecule has 8 heteroatoms. The van der Waals surface area contributed by atoms with Crippen LogP contribution in [0.15, 0.2) is 65.7 Å². The topological polar surface area (TPSA) is 72.7 Å². The summed E-state index contributed by atoms with van der Waals surface area (Å²) in [5.41, 5.74) is 6.20. The third-order valence-corrected chi connectivity index (χ3v) is 6.96. The van der Waals surface area contributed by atoms with Crippen LogP contribution in [-0.2, 0) is 16.5 Å². The van der Waals surface area contributed by atoms with Crippen LogP contribution in [0.25, 0.3) is 33.4 Å². The van der Waals surface area contributed by atoms with Gasteiger partial charge in [-0.2, -0.15) is 0 Å². The molecule has 0 unspecified atom stereocenters. The summed E-state index contributed by atoms with van der Waals surface area (Å²) < 4.78 is 12.5. The van der Waals surface area contributed by atoms with Gasteiger partial charge in [0.1, 0.15) is 0 Å². The number of rotatable bonds is 4. The number of ether oxygens (including phenoxy) is 2. The Morgan fingerprint density at radius 3 is 1.83 bits per heavy atom. The predicted molar refractivity (Wildman–Crippen MR) is 142 cm³/mol. The number of nitrogens with zero attached hydrogens (tertiary/aromatic N) is 5. The summed E-state index contributed by atoms with van der Waals surface area (Å²) in [6, 6.07) is 18.6. The Balaban J connectivity index is 1.41. The molecule has 36 heavy (non-hydrogen) atoms. The number of aryl methyl sites for hydroxylation is 1. The van der Waals surface area contributed by atoms with E-state index in [0.29, 0.717) is 16.6 Å². The van der Waals surface area contributed by atoms with Crippen molar-refractivity contribution in [3.63, 3.8) is 0 Å². The van der Waals surface area contributed by atoms with Gasteiger partial charge in [-0.1, -0.05) is 24.3 Å². The molecular formula is C28H29N5O3. The van der Waals surface area contributed by atoms with Crippen LogP contribution < -0.4 is 15.4 Å². The van der Waals surface area contributed by atoms with Crippen molar-refractivity contribution in [2.45, 2.75) is 0 Å². The maximum atomic E-state index is 13.1. The van der Waals surface area contributed by atoms with E-state index in [1.807, 2.05) is 18.2 Å². The van der Waals surface area contributed by atoms with Crippen LogP contribution in [0.3, 0.4) is 0 Å². The molecule has 2 aliphatic heterocycles. The molecule has 0 radical (unpaired) electrons. The zero-order valence-corrected chi connectivity index (χ0v) is 20.4. The van der Waals surface area contributed by atoms with Crippen molar-refractivity contribution in [1.29, 1.82) is 0 Å². The van der Waals surface area contributed by atoms with E-state index in [-0.39, 0.29) is 5.56 Å². The maximum absolute atomic E-state index is 13.1. The normalized spacial score (nSPS) is 16.5. The molecular weight excluding hydrogens is 454 g/mol. The first-order chi connectivity index (χ1) is 17.7. The minimum atomic E-state index is -0.103. The molecule has 4 heterocycles. The average molecular weight is 484 g/mol. The highest BCUT2D eigenvalue weighted by molar-refractivity contribution is 5.94. The molecule has 2 fully saturated rings. The number of hydrogen-bond acceptors (Lipinski definition) is 7. The van der Waals surface area contributed by atoms with Crippen LogP contribution >= 0.6 is 0 Å². The SMILES string of the molecule is Cn1cnc2cc(-c3ccc(N4CCOCC4)cc3)nc(-c3ccc(N4CCOCC4)cc3)c2c1=O. The number of aromatic nitrogens is 3. The Morgan fingerprint density at radius 2 is 1.28 bits per heavy atom. The van der Waals surface area contributed by atoms with E-state index in [0.717, 1.165) is 75.1 Å². The van der Waals surface area contributed by atoms with Crippen LogP contribution in [0.2, 0.25) is 0 Å². The highest BCUT2D eigenvalue weighted by Gasteiger charge is 2.17. The molecule has 2 aromatic heterocycles. The predicted octanol–water partition coefficient (Wildman–Crippen LogP) is 3.34. The lowest BCUT2D eigenvalue weighted by Gasteiger charge is -2.29. The molecule has 0 bridgehead atoms. The maximum Gasteiger partial charge on any atom is 0.263 e. The average Bonchev–Trinajstić information content (AvgIpc) is 2.96. The second-order valence-electron chi connectivity index (χ2n) is 9.20. The van der Waals surface area contributed by atoms with Gasteiger partial charge in [0.05, 0.1) is 55.0 Å². The van der Waals surface area contributed by atoms with E-state index >= 15 is 0 Å². The molecule has 8 nitrogen and oxygen atoms in total. The van der Waals surface area contributed by atoms with Gasteiger partial charge in [-0.3, -0.25) is 4.79 Å². The van der Waals surface area contributed by atoms with Gasteiger partial charge in [0.2, 0.25) is 0 Å². The van der Waals surface area contributed by atoms with Gasteiger partial charge in [0, 0.05) is 55.7 Å². The van der Waals surface area contributed by atoms with E-state index in [2.05, 4.69) is 51.2 Å². The van der Waals surface area contributed by atoms with Gasteiger partial charge >= 0.3 is 0 Å². The van der Waals surface area contributed by atoms with Crippen LogP contribution in [-0.4, -0.2) is 67.1 Å². The first-order valence-corrected chi connectivity index (χ1v) is 12.4. The lowest BCUT2D eigenvalue weighted by atomic mass is 10.0. The van der Waals surface area contributed by atoms with Crippen molar-refractivity contribution in [3.05, 3.63) is 71.3 Å². The fourth-order valence-corrected chi connectivity index (χ4v) is 4.89. The second kappa shape index (κ2) is 9.72. The summed E-state index contributed by atoms with van der Waals surface area (Å²) >= 11 is 0. The Morgan fingerprint density at radius 1 is 0.750 bits per heavy atom. The van der Waals surface area contributed by atoms with Gasteiger partial charge in [0.25, 0.3) is 5.56 Å². The lowest BCUT2D eigenvalue weighted by Crippen LogP contribution is -2.36. The standard InChI is InChI=1S/C28H29N5O3/c1-31-19-29-25-18-24(20-2-6-22(7-3-20)32-10-14-35-15-11-32)30-27(26(25)28(31)34)21-4-8-23(9-5-21)33-12-16-36-17-13-33/h2-9,18-19H,10-17H2,1H3. The summed E-state index contributed by atoms with van der Waals surface area (Å²) in [6.45, 7) is 6.52. The number of pyridine rings is 1. The van der Waals surface area contributed by atoms with E-state index in [9.17, 15) is 4.79 Å². The lowest BCUT2D eigenvalue weighted by molar-refractivity contribution is 0.122. The molecule has 4 aromatic rings. The van der Waals surface area contributed by atoms with Gasteiger partial charge < -0.3 is 23.8 Å². The Hall–Kier alpha value is -3.75. The molecule has 0 atom stereocenters. The molecule has 6 rings (SSSR count). The fourth-order valence-electron chi connectivity index (χ4n) is 4.89. The second-order valence-corrected chi connectivity index (χ2v) is 9.20. The molecule has 2 aliphatic rings. The first-order valence-electron chi connectivity index (χ1n) is 12.4. The summed E-state index contributed by atoms with van der Waals surface area (Å²) in [4.78, 5) is 27.4. The number of benzene rings is 2. The molecule has 0 aliphatic carbocycles. The van der Waals surface area contributed by atoms with Crippen molar-refractivity contribution < 1.29 is 9.47 Å². The van der Waals surface area contributed by atoms with Crippen LogP contribution in [0.4, 0.5) is 11.4 Å². The number of hydrogen-bond donors (Lipinski definition) is 0. The molecule has 184 valence electrons. The van der Waals surface area contributed by atoms with E-state index in [4.69, 9.17) is 14.5 Å². The monoisotopic (exact) mass is 483 g/mol. The summed E-state index contributed by atoms with van der Waals surface area (Å²) in [5, 5.41) is 0.535. The Labute approximate surface area is 209 Å². The smallest absolute Gasteiger partial charge is 0.263 e. The van der Waals surface area contributed by atoms with Crippen molar-refractivity contribution in [2.75, 3.05) is 62.4 Å². The zero-order valence-electron chi connectivity index (χ0n) is 20.4. The Bertz CT molecular complexity index is 1420. The van der Waals surface area contributed by atoms with Crippen molar-refractivity contribution in [2.24, 2.45) is 7.05 Å². The first kappa shape index (κ1) is 22.7. The largest absolute Gasteiger partial charge is 0.378 e. The van der Waals surface area contributed by atoms with Crippen LogP contribution in [0.1, 0.15) is 0 Å². The quantitative estimate of drug-likeness (QED) is 0.441. The van der Waals surface area contributed by atoms with Gasteiger partial charge in [0.15, 0.2) is 0 Å². The highest BCUT2D eigenvalue weighted by atomic mass is 16.5. The highest BCUT2D eigenvalue weighted by Crippen LogP contribution is 2.31. The molecule has 2 aromatic carbocycles. The van der Waals surface area contributed by atoms with Crippen LogP contribution in [0, 0.1) is 0 Å². The molecule has 0 N–H and O–H groups in total. The minimum Gasteiger partial charge on any atom is -0.378 e. The third-order valence-electron chi connectivity index (χ3n) is 6.96. The molecule has 2 saturated heterocycles. The number of anilines is 2. The van der Waals surface area contributed by atoms with Gasteiger partial charge in [-0.25, -0.2) is 9.97 Å². The van der Waals surface area contributed by atoms with E-state index in [1.54, 1.807) is 13.4 Å². The number of morpholine rings is 2. The van der Waals surface area contributed by atoms with E-state index in [1.165, 1.54) is 10.3 Å². The summed E-state index contributed by atoms with van der Waals surface area (Å²) in [5.74, 6) is 0. The van der Waals surface area contributed by atoms with Gasteiger partial charge in [-0.15, -0.1) is 0 Å². The van der Waals surface area contributed by atoms with Crippen molar-refractivity contribution >= 4 is 22.3 Å².